The van der Waals surface area contributed by atoms with Crippen molar-refractivity contribution in [3.63, 3.8) is 0 Å². The van der Waals surface area contributed by atoms with Gasteiger partial charge in [0.25, 0.3) is 11.5 Å². The molecule has 1 aliphatic carbocycles. The minimum absolute atomic E-state index is 0.0327. The van der Waals surface area contributed by atoms with Gasteiger partial charge in [0.05, 0.1) is 17.0 Å². The van der Waals surface area contributed by atoms with Crippen LogP contribution in [0.5, 0.6) is 0 Å². The van der Waals surface area contributed by atoms with E-state index in [4.69, 9.17) is 0 Å². The number of H-pyrrole nitrogens is 1. The first-order chi connectivity index (χ1) is 15.2. The predicted octanol–water partition coefficient (Wildman–Crippen LogP) is 3.62. The molecule has 2 aromatic heterocycles. The first-order valence-electron chi connectivity index (χ1n) is 11.2. The summed E-state index contributed by atoms with van der Waals surface area (Å²) in [6.07, 6.45) is 1.76. The lowest BCUT2D eigenvalue weighted by Crippen LogP contribution is -2.35. The summed E-state index contributed by atoms with van der Waals surface area (Å²) < 4.78 is 1.48. The summed E-state index contributed by atoms with van der Waals surface area (Å²) in [7, 11) is 1.79. The van der Waals surface area contributed by atoms with Gasteiger partial charge >= 0.3 is 5.69 Å². The Balaban J connectivity index is 1.91. The molecule has 0 saturated heterocycles. The van der Waals surface area contributed by atoms with Crippen LogP contribution in [0.25, 0.3) is 11.0 Å². The number of carbonyl (C=O) groups is 1. The molecule has 1 aromatic carbocycles. The van der Waals surface area contributed by atoms with Crippen LogP contribution in [0.3, 0.4) is 0 Å². The van der Waals surface area contributed by atoms with Crippen molar-refractivity contribution >= 4 is 16.9 Å². The van der Waals surface area contributed by atoms with E-state index in [-0.39, 0.29) is 34.8 Å². The normalized spacial score (nSPS) is 15.5. The summed E-state index contributed by atoms with van der Waals surface area (Å²) in [6, 6.07) is 9.83. The minimum atomic E-state index is -0.573. The molecule has 4 rings (SSSR count). The molecule has 3 aromatic rings. The van der Waals surface area contributed by atoms with Crippen LogP contribution in [-0.2, 0) is 13.0 Å². The van der Waals surface area contributed by atoms with Crippen molar-refractivity contribution in [1.82, 2.24) is 19.4 Å². The quantitative estimate of drug-likeness (QED) is 0.664. The van der Waals surface area contributed by atoms with E-state index in [9.17, 15) is 14.4 Å². The van der Waals surface area contributed by atoms with Crippen LogP contribution >= 0.6 is 0 Å². The number of rotatable bonds is 5. The molecule has 0 aliphatic heterocycles. The van der Waals surface area contributed by atoms with Gasteiger partial charge in [-0.05, 0) is 41.9 Å². The summed E-state index contributed by atoms with van der Waals surface area (Å²) in [6.45, 7) is 8.36. The lowest BCUT2D eigenvalue weighted by Gasteiger charge is -2.26. The van der Waals surface area contributed by atoms with Crippen LogP contribution in [0.1, 0.15) is 73.3 Å². The molecule has 32 heavy (non-hydrogen) atoms. The summed E-state index contributed by atoms with van der Waals surface area (Å²) in [5, 5.41) is 0.179. The lowest BCUT2D eigenvalue weighted by molar-refractivity contribution is 0.0732. The van der Waals surface area contributed by atoms with E-state index in [2.05, 4.69) is 22.1 Å². The molecule has 0 fully saturated rings. The minimum Gasteiger partial charge on any atom is -0.335 e. The van der Waals surface area contributed by atoms with Crippen molar-refractivity contribution in [2.45, 2.75) is 59.0 Å². The van der Waals surface area contributed by atoms with Gasteiger partial charge in [-0.25, -0.2) is 9.78 Å². The number of carbonyl (C=O) groups excluding carboxylic acids is 1. The highest BCUT2D eigenvalue weighted by Crippen LogP contribution is 2.36. The molecule has 0 saturated carbocycles. The Bertz CT molecular complexity index is 1300. The topological polar surface area (TPSA) is 88.1 Å². The van der Waals surface area contributed by atoms with E-state index in [1.54, 1.807) is 18.0 Å². The monoisotopic (exact) mass is 434 g/mol. The zero-order valence-electron chi connectivity index (χ0n) is 19.3. The maximum Gasteiger partial charge on any atom is 0.330 e. The first-order valence-corrected chi connectivity index (χ1v) is 11.2. The highest BCUT2D eigenvalue weighted by atomic mass is 16.2. The van der Waals surface area contributed by atoms with Gasteiger partial charge in [-0.2, -0.15) is 0 Å². The number of hydrogen-bond donors (Lipinski definition) is 1. The zero-order chi connectivity index (χ0) is 23.2. The van der Waals surface area contributed by atoms with Crippen LogP contribution in [0.4, 0.5) is 0 Å². The van der Waals surface area contributed by atoms with Gasteiger partial charge in [0.2, 0.25) is 0 Å². The van der Waals surface area contributed by atoms with Crippen molar-refractivity contribution in [2.24, 2.45) is 5.92 Å². The Kier molecular flexibility index (Phi) is 5.75. The fourth-order valence-corrected chi connectivity index (χ4v) is 4.56. The van der Waals surface area contributed by atoms with E-state index in [0.717, 1.165) is 18.4 Å². The van der Waals surface area contributed by atoms with Gasteiger partial charge in [0.15, 0.2) is 5.65 Å². The molecule has 0 bridgehead atoms. The highest BCUT2D eigenvalue weighted by Gasteiger charge is 2.31. The summed E-state index contributed by atoms with van der Waals surface area (Å²) in [5.41, 5.74) is 2.59. The third-order valence-electron chi connectivity index (χ3n) is 6.23. The molecule has 1 amide bonds. The fraction of sp³-hybridized carbons (Fsp3) is 0.440. The van der Waals surface area contributed by atoms with E-state index in [1.807, 2.05) is 39.8 Å². The number of aromatic nitrogens is 3. The number of pyridine rings is 1. The van der Waals surface area contributed by atoms with Crippen molar-refractivity contribution in [3.05, 3.63) is 73.6 Å². The Morgan fingerprint density at radius 1 is 1.22 bits per heavy atom. The molecule has 1 aliphatic rings. The Morgan fingerprint density at radius 2 is 1.94 bits per heavy atom. The Hall–Kier alpha value is -3.22. The molecule has 7 nitrogen and oxygen atoms in total. The van der Waals surface area contributed by atoms with Crippen molar-refractivity contribution in [1.29, 1.82) is 0 Å². The van der Waals surface area contributed by atoms with Gasteiger partial charge < -0.3 is 4.90 Å². The standard InChI is InChI=1S/C25H30N4O3/c1-14(2)13-29-22-21(23(30)27-25(29)32)18(12-19(26-22)15(3)4)24(31)28(5)20-11-10-16-8-6-7-9-17(16)20/h6-9,12,14-15,20H,10-11,13H2,1-5H3,(H,27,30,32). The maximum absolute atomic E-state index is 13.8. The van der Waals surface area contributed by atoms with E-state index in [1.165, 1.54) is 10.1 Å². The number of aryl methyl sites for hydroxylation is 1. The predicted molar refractivity (Wildman–Crippen MR) is 125 cm³/mol. The molecule has 7 heteroatoms. The molecule has 0 spiro atoms. The number of nitrogens with one attached hydrogen (secondary N) is 1. The molecule has 168 valence electrons. The van der Waals surface area contributed by atoms with Crippen LogP contribution in [0.15, 0.2) is 39.9 Å². The number of fused-ring (bicyclic) bond motifs is 2. The van der Waals surface area contributed by atoms with E-state index >= 15 is 0 Å². The lowest BCUT2D eigenvalue weighted by atomic mass is 10.0. The second-order valence-electron chi connectivity index (χ2n) is 9.38. The average Bonchev–Trinajstić information content (AvgIpc) is 3.18. The third kappa shape index (κ3) is 3.76. The van der Waals surface area contributed by atoms with Crippen LogP contribution in [-0.4, -0.2) is 32.4 Å². The van der Waals surface area contributed by atoms with Crippen molar-refractivity contribution in [3.8, 4) is 0 Å². The molecular formula is C25H30N4O3. The molecule has 1 N–H and O–H groups in total. The van der Waals surface area contributed by atoms with Gasteiger partial charge in [-0.1, -0.05) is 52.0 Å². The maximum atomic E-state index is 13.8. The molecule has 0 radical (unpaired) electrons. The SMILES string of the molecule is CC(C)Cn1c(=O)[nH]c(=O)c2c(C(=O)N(C)C3CCc4ccccc43)cc(C(C)C)nc21. The Morgan fingerprint density at radius 3 is 2.62 bits per heavy atom. The highest BCUT2D eigenvalue weighted by molar-refractivity contribution is 6.05. The fourth-order valence-electron chi connectivity index (χ4n) is 4.56. The van der Waals surface area contributed by atoms with Crippen molar-refractivity contribution in [2.75, 3.05) is 7.05 Å². The summed E-state index contributed by atoms with van der Waals surface area (Å²) in [4.78, 5) is 48.0. The number of aromatic amines is 1. The second kappa shape index (κ2) is 8.37. The average molecular weight is 435 g/mol. The summed E-state index contributed by atoms with van der Waals surface area (Å²) in [5.74, 6) is -0.0327. The van der Waals surface area contributed by atoms with Gasteiger partial charge in [0.1, 0.15) is 0 Å². The molecular weight excluding hydrogens is 404 g/mol. The summed E-state index contributed by atoms with van der Waals surface area (Å²) >= 11 is 0. The van der Waals surface area contributed by atoms with E-state index < -0.39 is 11.2 Å². The van der Waals surface area contributed by atoms with Crippen LogP contribution < -0.4 is 11.2 Å². The number of benzene rings is 1. The number of hydrogen-bond acceptors (Lipinski definition) is 4. The van der Waals surface area contributed by atoms with Crippen LogP contribution in [0, 0.1) is 5.92 Å². The van der Waals surface area contributed by atoms with E-state index in [0.29, 0.717) is 17.8 Å². The first kappa shape index (κ1) is 22.0. The molecule has 1 unspecified atom stereocenters. The van der Waals surface area contributed by atoms with Gasteiger partial charge in [0, 0.05) is 19.3 Å². The Labute approximate surface area is 187 Å². The van der Waals surface area contributed by atoms with Crippen molar-refractivity contribution < 1.29 is 4.79 Å². The van der Waals surface area contributed by atoms with Crippen LogP contribution in [0.2, 0.25) is 0 Å². The molecule has 2 heterocycles. The smallest absolute Gasteiger partial charge is 0.330 e. The third-order valence-corrected chi connectivity index (χ3v) is 6.23. The zero-order valence-corrected chi connectivity index (χ0v) is 19.3. The number of amides is 1. The van der Waals surface area contributed by atoms with Gasteiger partial charge in [-0.3, -0.25) is 19.1 Å². The molecule has 1 atom stereocenters. The largest absolute Gasteiger partial charge is 0.335 e. The second-order valence-corrected chi connectivity index (χ2v) is 9.38. The van der Waals surface area contributed by atoms with Gasteiger partial charge in [-0.15, -0.1) is 0 Å². The number of nitrogens with zero attached hydrogens (tertiary/aromatic N) is 3.